The van der Waals surface area contributed by atoms with Crippen molar-refractivity contribution in [1.82, 2.24) is 0 Å². The third-order valence-electron chi connectivity index (χ3n) is 5.64. The first-order valence-electron chi connectivity index (χ1n) is 9.76. The van der Waals surface area contributed by atoms with Crippen LogP contribution in [-0.4, -0.2) is 12.1 Å². The molecule has 4 rings (SSSR count). The first kappa shape index (κ1) is 17.8. The largest absolute Gasteiger partial charge is 0.454 e. The smallest absolute Gasteiger partial charge is 0.334 e. The molecular formula is C25H26O2. The minimum atomic E-state index is -0.181. The molecule has 27 heavy (non-hydrogen) atoms. The Morgan fingerprint density at radius 2 is 2.07 bits per heavy atom. The molecule has 1 aromatic rings. The van der Waals surface area contributed by atoms with Gasteiger partial charge in [0.15, 0.2) is 0 Å². The summed E-state index contributed by atoms with van der Waals surface area (Å²) in [7, 11) is 0. The molecule has 2 heteroatoms. The number of hydrogen-bond acceptors (Lipinski definition) is 2. The van der Waals surface area contributed by atoms with Crippen LogP contribution in [0, 0.1) is 0 Å². The van der Waals surface area contributed by atoms with E-state index in [0.717, 1.165) is 37.7 Å². The van der Waals surface area contributed by atoms with E-state index in [4.69, 9.17) is 4.74 Å². The molecule has 0 amide bonds. The van der Waals surface area contributed by atoms with Gasteiger partial charge in [0.25, 0.3) is 0 Å². The maximum Gasteiger partial charge on any atom is 0.334 e. The molecule has 0 fully saturated rings. The zero-order valence-electron chi connectivity index (χ0n) is 16.2. The second kappa shape index (κ2) is 7.19. The molecule has 0 bridgehead atoms. The minimum absolute atomic E-state index is 0.0978. The SMILES string of the molecule is C=C1C=Cc2c(cc3c(c2CC/C=C(\C)CC2C=C(C)C(=O)O2)C=CC3)C1. The zero-order valence-corrected chi connectivity index (χ0v) is 16.2. The summed E-state index contributed by atoms with van der Waals surface area (Å²) in [5.74, 6) is -0.181. The van der Waals surface area contributed by atoms with Crippen LogP contribution in [0.3, 0.4) is 0 Å². The molecule has 0 N–H and O–H groups in total. The Balaban J connectivity index is 1.49. The van der Waals surface area contributed by atoms with Gasteiger partial charge in [-0.15, -0.1) is 0 Å². The molecule has 1 aromatic carbocycles. The van der Waals surface area contributed by atoms with Gasteiger partial charge in [0.2, 0.25) is 0 Å². The maximum absolute atomic E-state index is 11.5. The van der Waals surface area contributed by atoms with E-state index < -0.39 is 0 Å². The summed E-state index contributed by atoms with van der Waals surface area (Å²) in [5, 5.41) is 0. The van der Waals surface area contributed by atoms with Gasteiger partial charge in [0.1, 0.15) is 6.10 Å². The molecule has 138 valence electrons. The van der Waals surface area contributed by atoms with E-state index in [-0.39, 0.29) is 12.1 Å². The molecule has 0 saturated carbocycles. The van der Waals surface area contributed by atoms with Crippen molar-refractivity contribution in [3.05, 3.63) is 81.5 Å². The molecule has 1 atom stereocenters. The third-order valence-corrected chi connectivity index (χ3v) is 5.64. The van der Waals surface area contributed by atoms with Crippen LogP contribution in [0.1, 0.15) is 54.5 Å². The van der Waals surface area contributed by atoms with E-state index in [0.29, 0.717) is 0 Å². The number of rotatable bonds is 5. The standard InChI is InChI=1S/C25H26O2/c1-16(13-21-14-18(3)25(26)27-21)6-4-9-24-22-8-5-7-19(22)15-20-12-17(2)10-11-23(20)24/h5-6,8,10-11,14-15,21H,2,4,7,9,12-13H2,1,3H3/b16-6+. The van der Waals surface area contributed by atoms with Crippen molar-refractivity contribution in [2.24, 2.45) is 0 Å². The number of benzene rings is 1. The quantitative estimate of drug-likeness (QED) is 0.511. The van der Waals surface area contributed by atoms with Gasteiger partial charge in [-0.3, -0.25) is 0 Å². The Kier molecular flexibility index (Phi) is 4.73. The molecule has 3 aliphatic rings. The van der Waals surface area contributed by atoms with E-state index in [9.17, 15) is 4.79 Å². The number of fused-ring (bicyclic) bond motifs is 2. The lowest BCUT2D eigenvalue weighted by atomic mass is 9.85. The highest BCUT2D eigenvalue weighted by atomic mass is 16.5. The van der Waals surface area contributed by atoms with Crippen molar-refractivity contribution in [1.29, 1.82) is 0 Å². The highest BCUT2D eigenvalue weighted by Crippen LogP contribution is 2.34. The number of carbonyl (C=O) groups is 1. The zero-order chi connectivity index (χ0) is 19.0. The summed E-state index contributed by atoms with van der Waals surface area (Å²) in [6.07, 6.45) is 17.9. The first-order valence-corrected chi connectivity index (χ1v) is 9.76. The summed E-state index contributed by atoms with van der Waals surface area (Å²) in [6.45, 7) is 8.07. The van der Waals surface area contributed by atoms with Gasteiger partial charge in [-0.25, -0.2) is 4.79 Å². The first-order chi connectivity index (χ1) is 13.0. The monoisotopic (exact) mass is 358 g/mol. The van der Waals surface area contributed by atoms with E-state index in [2.05, 4.69) is 49.9 Å². The van der Waals surface area contributed by atoms with Crippen molar-refractivity contribution in [2.75, 3.05) is 0 Å². The lowest BCUT2D eigenvalue weighted by molar-refractivity contribution is -0.139. The van der Waals surface area contributed by atoms with Crippen LogP contribution in [0.25, 0.3) is 12.2 Å². The summed E-state index contributed by atoms with van der Waals surface area (Å²) in [4.78, 5) is 11.5. The second-order valence-electron chi connectivity index (χ2n) is 7.86. The maximum atomic E-state index is 11.5. The molecule has 2 aliphatic carbocycles. The summed E-state index contributed by atoms with van der Waals surface area (Å²) in [6, 6.07) is 2.37. The van der Waals surface area contributed by atoms with E-state index >= 15 is 0 Å². The normalized spacial score (nSPS) is 20.6. The van der Waals surface area contributed by atoms with Gasteiger partial charge in [-0.05, 0) is 73.4 Å². The highest BCUT2D eigenvalue weighted by Gasteiger charge is 2.22. The van der Waals surface area contributed by atoms with Crippen LogP contribution >= 0.6 is 0 Å². The predicted molar refractivity (Wildman–Crippen MR) is 111 cm³/mol. The molecule has 0 saturated heterocycles. The van der Waals surface area contributed by atoms with Crippen LogP contribution in [0.5, 0.6) is 0 Å². The lowest BCUT2D eigenvalue weighted by Crippen LogP contribution is -2.08. The fraction of sp³-hybridized carbons (Fsp3) is 0.320. The van der Waals surface area contributed by atoms with Gasteiger partial charge in [0.05, 0.1) is 0 Å². The van der Waals surface area contributed by atoms with Crippen LogP contribution < -0.4 is 0 Å². The van der Waals surface area contributed by atoms with Gasteiger partial charge in [-0.1, -0.05) is 54.2 Å². The molecule has 0 aromatic heterocycles. The molecule has 1 heterocycles. The summed E-state index contributed by atoms with van der Waals surface area (Å²) in [5.41, 5.74) is 10.3. The Hall–Kier alpha value is -2.61. The van der Waals surface area contributed by atoms with Crippen LogP contribution in [0.4, 0.5) is 0 Å². The van der Waals surface area contributed by atoms with E-state index in [1.54, 1.807) is 0 Å². The molecule has 0 spiro atoms. The van der Waals surface area contributed by atoms with Crippen LogP contribution in [-0.2, 0) is 28.8 Å². The number of cyclic esters (lactones) is 1. The van der Waals surface area contributed by atoms with Crippen LogP contribution in [0.2, 0.25) is 0 Å². The number of esters is 1. The number of carbonyl (C=O) groups excluding carboxylic acids is 1. The average Bonchev–Trinajstić information content (AvgIpc) is 3.20. The fourth-order valence-corrected chi connectivity index (χ4v) is 4.28. The van der Waals surface area contributed by atoms with Crippen molar-refractivity contribution >= 4 is 18.1 Å². The number of ether oxygens (including phenoxy) is 1. The molecule has 2 nitrogen and oxygen atoms in total. The van der Waals surface area contributed by atoms with Crippen molar-refractivity contribution in [2.45, 2.75) is 52.1 Å². The molecule has 1 aliphatic heterocycles. The van der Waals surface area contributed by atoms with Crippen LogP contribution in [0.15, 0.2) is 53.7 Å². The van der Waals surface area contributed by atoms with Crippen molar-refractivity contribution < 1.29 is 9.53 Å². The highest BCUT2D eigenvalue weighted by molar-refractivity contribution is 5.90. The molecular weight excluding hydrogens is 332 g/mol. The average molecular weight is 358 g/mol. The van der Waals surface area contributed by atoms with Gasteiger partial charge in [0, 0.05) is 12.0 Å². The Morgan fingerprint density at radius 1 is 1.26 bits per heavy atom. The molecule has 0 radical (unpaired) electrons. The topological polar surface area (TPSA) is 26.3 Å². The second-order valence-corrected chi connectivity index (χ2v) is 7.86. The summed E-state index contributed by atoms with van der Waals surface area (Å²) < 4.78 is 5.35. The van der Waals surface area contributed by atoms with Gasteiger partial charge in [-0.2, -0.15) is 0 Å². The van der Waals surface area contributed by atoms with Crippen molar-refractivity contribution in [3.8, 4) is 0 Å². The lowest BCUT2D eigenvalue weighted by Gasteiger charge is -2.20. The third kappa shape index (κ3) is 3.62. The fourth-order valence-electron chi connectivity index (χ4n) is 4.28. The Bertz CT molecular complexity index is 938. The molecule has 1 unspecified atom stereocenters. The Morgan fingerprint density at radius 3 is 2.85 bits per heavy atom. The minimum Gasteiger partial charge on any atom is -0.454 e. The predicted octanol–water partition coefficient (Wildman–Crippen LogP) is 5.52. The number of hydrogen-bond donors (Lipinski definition) is 0. The van der Waals surface area contributed by atoms with E-state index in [1.165, 1.54) is 39.0 Å². The van der Waals surface area contributed by atoms with Gasteiger partial charge < -0.3 is 4.74 Å². The van der Waals surface area contributed by atoms with Gasteiger partial charge >= 0.3 is 5.97 Å². The summed E-state index contributed by atoms with van der Waals surface area (Å²) >= 11 is 0. The van der Waals surface area contributed by atoms with Crippen molar-refractivity contribution in [3.63, 3.8) is 0 Å². The van der Waals surface area contributed by atoms with E-state index in [1.807, 2.05) is 13.0 Å². The Labute approximate surface area is 161 Å². The number of allylic oxidation sites excluding steroid dienone is 4.